The number of anilines is 1. The third kappa shape index (κ3) is 7.92. The normalized spacial score (nSPS) is 11.2. The standard InChI is InChI=1S/C21H33N7O.HI/c1-7-22-21(27(5)13-17-14-28(6)26-20(17)15(2)3)23-11-10-19(29)25-18-9-8-16(4)12-24-18;/h8-9,12,14-15H,7,10-11,13H2,1-6H3,(H,22,23)(H,24,25,29);1H. The molecule has 2 aromatic rings. The number of halogens is 1. The molecule has 0 aliphatic rings. The largest absolute Gasteiger partial charge is 0.357 e. The zero-order chi connectivity index (χ0) is 21.4. The van der Waals surface area contributed by atoms with E-state index in [4.69, 9.17) is 0 Å². The first-order valence-corrected chi connectivity index (χ1v) is 10.0. The molecule has 2 N–H and O–H groups in total. The molecule has 0 fully saturated rings. The molecule has 30 heavy (non-hydrogen) atoms. The molecular formula is C21H34IN7O. The van der Waals surface area contributed by atoms with Crippen LogP contribution in [0, 0.1) is 6.92 Å². The highest BCUT2D eigenvalue weighted by Gasteiger charge is 2.15. The van der Waals surface area contributed by atoms with Crippen LogP contribution in [-0.4, -0.2) is 51.7 Å². The summed E-state index contributed by atoms with van der Waals surface area (Å²) in [6.45, 7) is 10.1. The maximum absolute atomic E-state index is 12.2. The highest BCUT2D eigenvalue weighted by molar-refractivity contribution is 14.0. The van der Waals surface area contributed by atoms with Crippen molar-refractivity contribution in [3.63, 3.8) is 0 Å². The van der Waals surface area contributed by atoms with Crippen molar-refractivity contribution < 1.29 is 4.79 Å². The molecule has 0 aliphatic heterocycles. The monoisotopic (exact) mass is 527 g/mol. The van der Waals surface area contributed by atoms with E-state index in [2.05, 4.69) is 50.7 Å². The van der Waals surface area contributed by atoms with Crippen LogP contribution < -0.4 is 10.6 Å². The van der Waals surface area contributed by atoms with Crippen molar-refractivity contribution in [3.05, 3.63) is 41.3 Å². The van der Waals surface area contributed by atoms with E-state index >= 15 is 0 Å². The quantitative estimate of drug-likeness (QED) is 0.313. The van der Waals surface area contributed by atoms with Crippen molar-refractivity contribution >= 4 is 41.7 Å². The average Bonchev–Trinajstić information content (AvgIpc) is 3.03. The summed E-state index contributed by atoms with van der Waals surface area (Å²) in [6, 6.07) is 3.72. The fourth-order valence-electron chi connectivity index (χ4n) is 2.97. The van der Waals surface area contributed by atoms with E-state index < -0.39 is 0 Å². The van der Waals surface area contributed by atoms with E-state index in [-0.39, 0.29) is 29.9 Å². The summed E-state index contributed by atoms with van der Waals surface area (Å²) in [5.41, 5.74) is 3.33. The van der Waals surface area contributed by atoms with Crippen molar-refractivity contribution in [3.8, 4) is 0 Å². The Morgan fingerprint density at radius 2 is 2.07 bits per heavy atom. The number of aryl methyl sites for hydroxylation is 2. The van der Waals surface area contributed by atoms with Crippen molar-refractivity contribution in [2.45, 2.75) is 46.6 Å². The number of rotatable bonds is 8. The zero-order valence-corrected chi connectivity index (χ0v) is 21.1. The van der Waals surface area contributed by atoms with Crippen molar-refractivity contribution in [1.82, 2.24) is 25.0 Å². The average molecular weight is 527 g/mol. The molecule has 8 nitrogen and oxygen atoms in total. The van der Waals surface area contributed by atoms with Gasteiger partial charge in [-0.05, 0) is 31.4 Å². The van der Waals surface area contributed by atoms with E-state index in [1.807, 2.05) is 38.7 Å². The molecule has 0 aromatic carbocycles. The minimum absolute atomic E-state index is 0. The Labute approximate surface area is 196 Å². The molecule has 0 spiro atoms. The van der Waals surface area contributed by atoms with Gasteiger partial charge in [0.25, 0.3) is 0 Å². The number of aromatic nitrogens is 3. The third-order valence-corrected chi connectivity index (χ3v) is 4.37. The van der Waals surface area contributed by atoms with Crippen LogP contribution in [0.3, 0.4) is 0 Å². The second-order valence-corrected chi connectivity index (χ2v) is 7.48. The minimum atomic E-state index is -0.0991. The number of pyridine rings is 1. The van der Waals surface area contributed by atoms with Crippen LogP contribution in [0.4, 0.5) is 5.82 Å². The molecule has 0 aliphatic carbocycles. The van der Waals surface area contributed by atoms with E-state index in [9.17, 15) is 4.79 Å². The number of guanidine groups is 1. The summed E-state index contributed by atoms with van der Waals surface area (Å²) in [7, 11) is 3.94. The van der Waals surface area contributed by atoms with Crippen LogP contribution in [0.25, 0.3) is 0 Å². The van der Waals surface area contributed by atoms with Gasteiger partial charge in [0, 0.05) is 51.6 Å². The van der Waals surface area contributed by atoms with Crippen LogP contribution in [-0.2, 0) is 18.4 Å². The molecule has 0 saturated heterocycles. The topological polar surface area (TPSA) is 87.4 Å². The first-order chi connectivity index (χ1) is 13.8. The lowest BCUT2D eigenvalue weighted by Crippen LogP contribution is -2.38. The number of aliphatic imine (C=N–C) groups is 1. The number of carbonyl (C=O) groups excluding carboxylic acids is 1. The van der Waals surface area contributed by atoms with Gasteiger partial charge in [0.15, 0.2) is 5.96 Å². The first-order valence-electron chi connectivity index (χ1n) is 10.0. The minimum Gasteiger partial charge on any atom is -0.357 e. The molecule has 166 valence electrons. The maximum Gasteiger partial charge on any atom is 0.227 e. The van der Waals surface area contributed by atoms with Crippen LogP contribution in [0.1, 0.15) is 49.9 Å². The Bertz CT molecular complexity index is 830. The smallest absolute Gasteiger partial charge is 0.227 e. The van der Waals surface area contributed by atoms with E-state index in [1.54, 1.807) is 12.3 Å². The van der Waals surface area contributed by atoms with E-state index in [1.165, 1.54) is 5.56 Å². The second kappa shape index (κ2) is 12.5. The lowest BCUT2D eigenvalue weighted by atomic mass is 10.1. The van der Waals surface area contributed by atoms with Crippen LogP contribution in [0.2, 0.25) is 0 Å². The summed E-state index contributed by atoms with van der Waals surface area (Å²) in [6.07, 6.45) is 4.08. The molecule has 2 rings (SSSR count). The Balaban J connectivity index is 0.00000450. The molecule has 0 atom stereocenters. The van der Waals surface area contributed by atoms with Crippen molar-refractivity contribution in [1.29, 1.82) is 0 Å². The Morgan fingerprint density at radius 3 is 2.67 bits per heavy atom. The van der Waals surface area contributed by atoms with Gasteiger partial charge in [0.2, 0.25) is 5.91 Å². The van der Waals surface area contributed by atoms with Gasteiger partial charge in [-0.25, -0.2) is 4.98 Å². The lowest BCUT2D eigenvalue weighted by Gasteiger charge is -2.22. The number of nitrogens with one attached hydrogen (secondary N) is 2. The lowest BCUT2D eigenvalue weighted by molar-refractivity contribution is -0.116. The summed E-state index contributed by atoms with van der Waals surface area (Å²) in [5, 5.41) is 10.7. The van der Waals surface area contributed by atoms with Crippen LogP contribution in [0.5, 0.6) is 0 Å². The number of nitrogens with zero attached hydrogens (tertiary/aromatic N) is 5. The fraction of sp³-hybridized carbons (Fsp3) is 0.524. The summed E-state index contributed by atoms with van der Waals surface area (Å²) >= 11 is 0. The summed E-state index contributed by atoms with van der Waals surface area (Å²) < 4.78 is 1.85. The van der Waals surface area contributed by atoms with Gasteiger partial charge in [0.1, 0.15) is 5.82 Å². The highest BCUT2D eigenvalue weighted by Crippen LogP contribution is 2.18. The van der Waals surface area contributed by atoms with Crippen LogP contribution in [0.15, 0.2) is 29.5 Å². The van der Waals surface area contributed by atoms with Gasteiger partial charge in [-0.15, -0.1) is 24.0 Å². The molecule has 0 radical (unpaired) electrons. The number of amides is 1. The van der Waals surface area contributed by atoms with Gasteiger partial charge in [0.05, 0.1) is 12.2 Å². The Hall–Kier alpha value is -2.17. The van der Waals surface area contributed by atoms with Gasteiger partial charge in [-0.2, -0.15) is 5.10 Å². The van der Waals surface area contributed by atoms with Gasteiger partial charge in [-0.1, -0.05) is 19.9 Å². The highest BCUT2D eigenvalue weighted by atomic mass is 127. The molecule has 2 heterocycles. The van der Waals surface area contributed by atoms with Crippen molar-refractivity contribution in [2.24, 2.45) is 12.0 Å². The molecule has 0 bridgehead atoms. The number of hydrogen-bond acceptors (Lipinski definition) is 4. The number of hydrogen-bond donors (Lipinski definition) is 2. The van der Waals surface area contributed by atoms with Gasteiger partial charge < -0.3 is 15.5 Å². The predicted molar refractivity (Wildman–Crippen MR) is 132 cm³/mol. The van der Waals surface area contributed by atoms with Crippen molar-refractivity contribution in [2.75, 3.05) is 25.5 Å². The fourth-order valence-corrected chi connectivity index (χ4v) is 2.97. The maximum atomic E-state index is 12.2. The molecular weight excluding hydrogens is 493 g/mol. The van der Waals surface area contributed by atoms with E-state index in [0.717, 1.165) is 23.8 Å². The molecule has 9 heteroatoms. The summed E-state index contributed by atoms with van der Waals surface area (Å²) in [5.74, 6) is 1.59. The molecule has 1 amide bonds. The third-order valence-electron chi connectivity index (χ3n) is 4.37. The first kappa shape index (κ1) is 25.9. The Morgan fingerprint density at radius 1 is 1.33 bits per heavy atom. The SMILES string of the molecule is CCNC(=NCCC(=O)Nc1ccc(C)cn1)N(C)Cc1cn(C)nc1C(C)C.I. The molecule has 0 unspecified atom stereocenters. The second-order valence-electron chi connectivity index (χ2n) is 7.48. The molecule has 2 aromatic heterocycles. The predicted octanol–water partition coefficient (Wildman–Crippen LogP) is 3.29. The zero-order valence-electron chi connectivity index (χ0n) is 18.8. The van der Waals surface area contributed by atoms with E-state index in [0.29, 0.717) is 31.2 Å². The number of carbonyl (C=O) groups is 1. The molecule has 0 saturated carbocycles. The summed E-state index contributed by atoms with van der Waals surface area (Å²) in [4.78, 5) is 23.0. The Kier molecular flexibility index (Phi) is 10.8. The van der Waals surface area contributed by atoms with Gasteiger partial charge >= 0.3 is 0 Å². The van der Waals surface area contributed by atoms with Crippen LogP contribution >= 0.6 is 24.0 Å². The van der Waals surface area contributed by atoms with Gasteiger partial charge in [-0.3, -0.25) is 14.5 Å².